The van der Waals surface area contributed by atoms with E-state index in [4.69, 9.17) is 5.26 Å². The lowest BCUT2D eigenvalue weighted by molar-refractivity contribution is -0.137. The van der Waals surface area contributed by atoms with Crippen LogP contribution in [0.3, 0.4) is 0 Å². The van der Waals surface area contributed by atoms with E-state index in [0.717, 1.165) is 37.2 Å². The Bertz CT molecular complexity index is 906. The number of aromatic nitrogens is 2. The van der Waals surface area contributed by atoms with Gasteiger partial charge in [0.05, 0.1) is 27.9 Å². The lowest BCUT2D eigenvalue weighted by Gasteiger charge is -2.11. The fourth-order valence-electron chi connectivity index (χ4n) is 2.28. The van der Waals surface area contributed by atoms with Crippen molar-refractivity contribution in [2.45, 2.75) is 29.8 Å². The van der Waals surface area contributed by atoms with Gasteiger partial charge in [-0.1, -0.05) is 6.07 Å². The number of hydrogen-bond donors (Lipinski definition) is 0. The van der Waals surface area contributed by atoms with Crippen molar-refractivity contribution in [3.05, 3.63) is 47.3 Å². The number of nitriles is 1. The Morgan fingerprint density at radius 2 is 2.00 bits per heavy atom. The van der Waals surface area contributed by atoms with Crippen LogP contribution >= 0.6 is 0 Å². The van der Waals surface area contributed by atoms with E-state index in [-0.39, 0.29) is 17.2 Å². The maximum absolute atomic E-state index is 12.8. The number of hydrogen-bond acceptors (Lipinski definition) is 4. The van der Waals surface area contributed by atoms with Gasteiger partial charge in [-0.25, -0.2) is 0 Å². The molecule has 3 rings (SSSR count). The topological polar surface area (TPSA) is 75.8 Å². The average Bonchev–Trinajstić information content (AvgIpc) is 3.24. The van der Waals surface area contributed by atoms with E-state index in [9.17, 15) is 21.6 Å². The smallest absolute Gasteiger partial charge is 0.199 e. The molecule has 1 aromatic heterocycles. The molecule has 1 aromatic carbocycles. The number of nitrogens with zero attached hydrogens (tertiary/aromatic N) is 3. The molecule has 1 aliphatic carbocycles. The highest BCUT2D eigenvalue weighted by Gasteiger charge is 2.36. The first kappa shape index (κ1) is 15.6. The Morgan fingerprint density at radius 3 is 2.57 bits per heavy atom. The zero-order valence-electron chi connectivity index (χ0n) is 11.6. The fourth-order valence-corrected chi connectivity index (χ4v) is 3.69. The number of alkyl halides is 3. The normalized spacial score (nSPS) is 15.4. The van der Waals surface area contributed by atoms with Crippen LogP contribution in [0, 0.1) is 11.3 Å². The molecule has 120 valence electrons. The van der Waals surface area contributed by atoms with Crippen molar-refractivity contribution in [3.63, 3.8) is 0 Å². The summed E-state index contributed by atoms with van der Waals surface area (Å²) in [4.78, 5) is -0.512. The maximum atomic E-state index is 12.8. The standard InChI is InChI=1S/C14H10F3N3O2S/c15-14(16,17)11-2-1-3-12(6-11)23(21,22)20-13(9-4-5-9)10(7-18)8-19-20/h1-3,6,8-9H,4-5H2. The van der Waals surface area contributed by atoms with Gasteiger partial charge in [0.25, 0.3) is 10.0 Å². The Kier molecular flexibility index (Phi) is 3.44. The van der Waals surface area contributed by atoms with E-state index in [1.165, 1.54) is 0 Å². The Morgan fingerprint density at radius 1 is 1.30 bits per heavy atom. The van der Waals surface area contributed by atoms with Gasteiger partial charge in [0, 0.05) is 5.92 Å². The summed E-state index contributed by atoms with van der Waals surface area (Å²) in [5.74, 6) is -0.104. The van der Waals surface area contributed by atoms with Crippen LogP contribution in [-0.2, 0) is 16.2 Å². The van der Waals surface area contributed by atoms with Crippen LogP contribution < -0.4 is 0 Å². The quantitative estimate of drug-likeness (QED) is 0.860. The highest BCUT2D eigenvalue weighted by molar-refractivity contribution is 7.89. The highest BCUT2D eigenvalue weighted by Crippen LogP contribution is 2.42. The summed E-state index contributed by atoms with van der Waals surface area (Å²) in [6, 6.07) is 5.34. The van der Waals surface area contributed by atoms with E-state index in [1.54, 1.807) is 0 Å². The molecule has 0 unspecified atom stereocenters. The first-order chi connectivity index (χ1) is 10.7. The Hall–Kier alpha value is -2.34. The second-order valence-electron chi connectivity index (χ2n) is 5.20. The zero-order valence-corrected chi connectivity index (χ0v) is 12.4. The Balaban J connectivity index is 2.14. The lowest BCUT2D eigenvalue weighted by Crippen LogP contribution is -2.18. The largest absolute Gasteiger partial charge is 0.416 e. The second kappa shape index (κ2) is 5.09. The number of halogens is 3. The van der Waals surface area contributed by atoms with Crippen molar-refractivity contribution >= 4 is 10.0 Å². The van der Waals surface area contributed by atoms with Crippen molar-refractivity contribution < 1.29 is 21.6 Å². The third-order valence-electron chi connectivity index (χ3n) is 3.55. The number of benzene rings is 1. The molecule has 1 aliphatic rings. The van der Waals surface area contributed by atoms with Gasteiger partial charge in [0.1, 0.15) is 6.07 Å². The van der Waals surface area contributed by atoms with Crippen LogP contribution in [0.5, 0.6) is 0 Å². The minimum Gasteiger partial charge on any atom is -0.199 e. The molecule has 1 fully saturated rings. The predicted octanol–water partition coefficient (Wildman–Crippen LogP) is 2.89. The molecule has 0 saturated heterocycles. The summed E-state index contributed by atoms with van der Waals surface area (Å²) in [7, 11) is -4.29. The van der Waals surface area contributed by atoms with E-state index < -0.39 is 26.7 Å². The molecule has 0 N–H and O–H groups in total. The van der Waals surface area contributed by atoms with Crippen LogP contribution in [0.2, 0.25) is 0 Å². The molecule has 0 bridgehead atoms. The van der Waals surface area contributed by atoms with Gasteiger partial charge in [-0.2, -0.15) is 36.0 Å². The van der Waals surface area contributed by atoms with E-state index in [2.05, 4.69) is 5.10 Å². The van der Waals surface area contributed by atoms with Crippen molar-refractivity contribution in [2.75, 3.05) is 0 Å². The minimum absolute atomic E-state index is 0.104. The van der Waals surface area contributed by atoms with E-state index in [1.807, 2.05) is 6.07 Å². The van der Waals surface area contributed by atoms with Crippen molar-refractivity contribution in [1.82, 2.24) is 9.19 Å². The van der Waals surface area contributed by atoms with Crippen LogP contribution in [0.1, 0.15) is 35.6 Å². The first-order valence-electron chi connectivity index (χ1n) is 6.66. The molecule has 0 aliphatic heterocycles. The molecule has 23 heavy (non-hydrogen) atoms. The molecular formula is C14H10F3N3O2S. The maximum Gasteiger partial charge on any atom is 0.416 e. The minimum atomic E-state index is -4.65. The van der Waals surface area contributed by atoms with Crippen molar-refractivity contribution in [2.24, 2.45) is 0 Å². The van der Waals surface area contributed by atoms with Gasteiger partial charge in [-0.3, -0.25) is 0 Å². The monoisotopic (exact) mass is 341 g/mol. The molecular weight excluding hydrogens is 331 g/mol. The summed E-state index contributed by atoms with van der Waals surface area (Å²) in [6.07, 6.45) is -2.08. The molecule has 2 aromatic rings. The molecule has 0 atom stereocenters. The van der Waals surface area contributed by atoms with Gasteiger partial charge in [0.2, 0.25) is 0 Å². The third-order valence-corrected chi connectivity index (χ3v) is 5.14. The zero-order chi connectivity index (χ0) is 16.8. The summed E-state index contributed by atoms with van der Waals surface area (Å²) in [5, 5.41) is 12.8. The van der Waals surface area contributed by atoms with E-state index in [0.29, 0.717) is 10.2 Å². The van der Waals surface area contributed by atoms with Crippen molar-refractivity contribution in [3.8, 4) is 6.07 Å². The summed E-state index contributed by atoms with van der Waals surface area (Å²) < 4.78 is 64.2. The number of rotatable bonds is 3. The van der Waals surface area contributed by atoms with Gasteiger partial charge in [0.15, 0.2) is 0 Å². The SMILES string of the molecule is N#Cc1cnn(S(=O)(=O)c2cccc(C(F)(F)F)c2)c1C1CC1. The van der Waals surface area contributed by atoms with Gasteiger partial charge >= 0.3 is 6.18 Å². The lowest BCUT2D eigenvalue weighted by atomic mass is 10.2. The molecule has 1 heterocycles. The molecule has 5 nitrogen and oxygen atoms in total. The third kappa shape index (κ3) is 2.70. The fraction of sp³-hybridized carbons (Fsp3) is 0.286. The molecule has 9 heteroatoms. The van der Waals surface area contributed by atoms with Gasteiger partial charge in [-0.15, -0.1) is 0 Å². The molecule has 0 radical (unpaired) electrons. The highest BCUT2D eigenvalue weighted by atomic mass is 32.2. The Labute approximate surface area is 130 Å². The van der Waals surface area contributed by atoms with E-state index >= 15 is 0 Å². The first-order valence-corrected chi connectivity index (χ1v) is 8.10. The molecule has 1 saturated carbocycles. The van der Waals surface area contributed by atoms with Crippen LogP contribution in [0.4, 0.5) is 13.2 Å². The summed E-state index contributed by atoms with van der Waals surface area (Å²) in [5.41, 5.74) is -0.688. The van der Waals surface area contributed by atoms with Crippen molar-refractivity contribution in [1.29, 1.82) is 5.26 Å². The van der Waals surface area contributed by atoms with Crippen LogP contribution in [0.15, 0.2) is 35.4 Å². The summed E-state index contributed by atoms with van der Waals surface area (Å²) >= 11 is 0. The van der Waals surface area contributed by atoms with Crippen LogP contribution in [-0.4, -0.2) is 17.6 Å². The molecule has 0 spiro atoms. The predicted molar refractivity (Wildman–Crippen MR) is 72.9 cm³/mol. The summed E-state index contributed by atoms with van der Waals surface area (Å²) in [6.45, 7) is 0. The van der Waals surface area contributed by atoms with Gasteiger partial charge < -0.3 is 0 Å². The second-order valence-corrected chi connectivity index (χ2v) is 6.97. The molecule has 0 amide bonds. The van der Waals surface area contributed by atoms with Crippen LogP contribution in [0.25, 0.3) is 0 Å². The van der Waals surface area contributed by atoms with Gasteiger partial charge in [-0.05, 0) is 31.0 Å². The average molecular weight is 341 g/mol.